The van der Waals surface area contributed by atoms with Gasteiger partial charge in [-0.2, -0.15) is 0 Å². The number of hydrogen-bond donors (Lipinski definition) is 0. The quantitative estimate of drug-likeness (QED) is 0.516. The minimum Gasteiger partial charge on any atom is -0.466 e. The lowest BCUT2D eigenvalue weighted by atomic mass is 9.77. The van der Waals surface area contributed by atoms with E-state index in [9.17, 15) is 9.59 Å². The molecule has 104 valence electrons. The molecule has 0 bridgehead atoms. The normalized spacial score (nSPS) is 23.7. The van der Waals surface area contributed by atoms with E-state index in [0.717, 1.165) is 31.6 Å². The second-order valence-corrected chi connectivity index (χ2v) is 5.31. The number of carbonyl (C=O) groups excluding carboxylic acids is 2. The van der Waals surface area contributed by atoms with E-state index in [-0.39, 0.29) is 24.1 Å². The fourth-order valence-corrected chi connectivity index (χ4v) is 2.76. The maximum Gasteiger partial charge on any atom is 0.313 e. The molecule has 0 aliphatic heterocycles. The Hall–Kier alpha value is -0.860. The smallest absolute Gasteiger partial charge is 0.313 e. The van der Waals surface area contributed by atoms with E-state index in [2.05, 4.69) is 6.92 Å². The summed E-state index contributed by atoms with van der Waals surface area (Å²) >= 11 is 0. The van der Waals surface area contributed by atoms with Crippen LogP contribution in [-0.2, 0) is 14.3 Å². The first-order valence-corrected chi connectivity index (χ1v) is 7.35. The summed E-state index contributed by atoms with van der Waals surface area (Å²) in [5, 5.41) is 0. The molecule has 0 N–H and O–H groups in total. The van der Waals surface area contributed by atoms with Crippen LogP contribution in [-0.4, -0.2) is 18.4 Å². The molecule has 3 heteroatoms. The van der Waals surface area contributed by atoms with Crippen molar-refractivity contribution in [1.29, 1.82) is 0 Å². The predicted molar refractivity (Wildman–Crippen MR) is 71.2 cm³/mol. The lowest BCUT2D eigenvalue weighted by Crippen LogP contribution is -2.24. The van der Waals surface area contributed by atoms with Gasteiger partial charge in [0.15, 0.2) is 0 Å². The van der Waals surface area contributed by atoms with Crippen molar-refractivity contribution in [1.82, 2.24) is 0 Å². The van der Waals surface area contributed by atoms with Crippen molar-refractivity contribution in [2.24, 2.45) is 11.8 Å². The van der Waals surface area contributed by atoms with Gasteiger partial charge >= 0.3 is 5.97 Å². The predicted octanol–water partition coefficient (Wildman–Crippen LogP) is 3.51. The summed E-state index contributed by atoms with van der Waals surface area (Å²) in [6, 6.07) is 0. The van der Waals surface area contributed by atoms with Gasteiger partial charge in [-0.25, -0.2) is 0 Å². The van der Waals surface area contributed by atoms with Crippen molar-refractivity contribution in [3.05, 3.63) is 0 Å². The molecule has 0 spiro atoms. The highest BCUT2D eigenvalue weighted by Gasteiger charge is 2.27. The van der Waals surface area contributed by atoms with Gasteiger partial charge in [-0.1, -0.05) is 26.2 Å². The Morgan fingerprint density at radius 2 is 1.78 bits per heavy atom. The molecule has 0 atom stereocenters. The number of carbonyl (C=O) groups is 2. The van der Waals surface area contributed by atoms with Gasteiger partial charge in [0.05, 0.1) is 6.61 Å². The lowest BCUT2D eigenvalue weighted by Gasteiger charge is -2.27. The SMILES string of the molecule is CCCCC1CCC(C(=O)CC(=O)OCC)CC1. The number of ether oxygens (including phenoxy) is 1. The number of Topliss-reactive ketones (excluding diaryl/α,β-unsaturated/α-hetero) is 1. The first-order chi connectivity index (χ1) is 8.67. The van der Waals surface area contributed by atoms with Gasteiger partial charge in [0.2, 0.25) is 0 Å². The van der Waals surface area contributed by atoms with E-state index in [1.165, 1.54) is 19.3 Å². The highest BCUT2D eigenvalue weighted by atomic mass is 16.5. The third-order valence-corrected chi connectivity index (χ3v) is 3.89. The van der Waals surface area contributed by atoms with Gasteiger partial charge in [-0.15, -0.1) is 0 Å². The van der Waals surface area contributed by atoms with Crippen molar-refractivity contribution >= 4 is 11.8 Å². The average molecular weight is 254 g/mol. The number of rotatable bonds is 7. The summed E-state index contributed by atoms with van der Waals surface area (Å²) in [6.07, 6.45) is 8.05. The van der Waals surface area contributed by atoms with Gasteiger partial charge in [0.1, 0.15) is 12.2 Å². The molecule has 0 heterocycles. The number of unbranched alkanes of at least 4 members (excludes halogenated alkanes) is 1. The first kappa shape index (κ1) is 15.2. The van der Waals surface area contributed by atoms with Crippen LogP contribution in [0.15, 0.2) is 0 Å². The molecule has 18 heavy (non-hydrogen) atoms. The molecule has 0 unspecified atom stereocenters. The van der Waals surface area contributed by atoms with Crippen LogP contribution >= 0.6 is 0 Å². The topological polar surface area (TPSA) is 43.4 Å². The van der Waals surface area contributed by atoms with Gasteiger partial charge < -0.3 is 4.74 Å². The molecule has 0 aromatic heterocycles. The minimum absolute atomic E-state index is 0.0296. The van der Waals surface area contributed by atoms with E-state index in [4.69, 9.17) is 4.74 Å². The molecule has 1 aliphatic rings. The van der Waals surface area contributed by atoms with Crippen LogP contribution in [0.1, 0.15) is 65.2 Å². The standard InChI is InChI=1S/C15H26O3/c1-3-5-6-12-7-9-13(10-8-12)14(16)11-15(17)18-4-2/h12-13H,3-11H2,1-2H3. The molecule has 1 saturated carbocycles. The third kappa shape index (κ3) is 5.19. The number of ketones is 1. The van der Waals surface area contributed by atoms with Crippen LogP contribution in [0.5, 0.6) is 0 Å². The molecular formula is C15H26O3. The van der Waals surface area contributed by atoms with Gasteiger partial charge in [-0.05, 0) is 38.5 Å². The Labute approximate surface area is 110 Å². The van der Waals surface area contributed by atoms with E-state index in [0.29, 0.717) is 6.61 Å². The Kier molecular flexibility index (Phi) is 6.99. The largest absolute Gasteiger partial charge is 0.466 e. The van der Waals surface area contributed by atoms with E-state index >= 15 is 0 Å². The van der Waals surface area contributed by atoms with Crippen LogP contribution in [0.4, 0.5) is 0 Å². The van der Waals surface area contributed by atoms with Crippen molar-refractivity contribution < 1.29 is 14.3 Å². The van der Waals surface area contributed by atoms with Gasteiger partial charge in [0.25, 0.3) is 0 Å². The fraction of sp³-hybridized carbons (Fsp3) is 0.867. The monoisotopic (exact) mass is 254 g/mol. The molecule has 0 saturated heterocycles. The van der Waals surface area contributed by atoms with Crippen LogP contribution in [0.25, 0.3) is 0 Å². The third-order valence-electron chi connectivity index (χ3n) is 3.89. The van der Waals surface area contributed by atoms with Crippen molar-refractivity contribution in [3.8, 4) is 0 Å². The van der Waals surface area contributed by atoms with Crippen molar-refractivity contribution in [3.63, 3.8) is 0 Å². The molecule has 1 aliphatic carbocycles. The number of esters is 1. The zero-order valence-corrected chi connectivity index (χ0v) is 11.7. The molecule has 0 amide bonds. The Balaban J connectivity index is 2.25. The maximum atomic E-state index is 11.9. The van der Waals surface area contributed by atoms with Crippen molar-refractivity contribution in [2.75, 3.05) is 6.61 Å². The maximum absolute atomic E-state index is 11.9. The molecule has 3 nitrogen and oxygen atoms in total. The van der Waals surface area contributed by atoms with Crippen LogP contribution in [0.3, 0.4) is 0 Å². The Bertz CT molecular complexity index is 265. The summed E-state index contributed by atoms with van der Waals surface area (Å²) in [5.41, 5.74) is 0. The fourth-order valence-electron chi connectivity index (χ4n) is 2.76. The van der Waals surface area contributed by atoms with E-state index in [1.807, 2.05) is 0 Å². The molecule has 1 rings (SSSR count). The summed E-state index contributed by atoms with van der Waals surface area (Å²) in [4.78, 5) is 23.2. The zero-order valence-electron chi connectivity index (χ0n) is 11.7. The summed E-state index contributed by atoms with van der Waals surface area (Å²) in [7, 11) is 0. The summed E-state index contributed by atoms with van der Waals surface area (Å²) in [6.45, 7) is 4.34. The highest BCUT2D eigenvalue weighted by molar-refractivity contribution is 5.96. The second kappa shape index (κ2) is 8.28. The Morgan fingerprint density at radius 1 is 1.11 bits per heavy atom. The molecule has 0 radical (unpaired) electrons. The number of hydrogen-bond acceptors (Lipinski definition) is 3. The van der Waals surface area contributed by atoms with E-state index in [1.54, 1.807) is 6.92 Å². The molecular weight excluding hydrogens is 228 g/mol. The van der Waals surface area contributed by atoms with Crippen LogP contribution in [0, 0.1) is 11.8 Å². The zero-order chi connectivity index (χ0) is 13.4. The van der Waals surface area contributed by atoms with Gasteiger partial charge in [0, 0.05) is 5.92 Å². The summed E-state index contributed by atoms with van der Waals surface area (Å²) in [5.74, 6) is 0.627. The first-order valence-electron chi connectivity index (χ1n) is 7.35. The van der Waals surface area contributed by atoms with Crippen LogP contribution < -0.4 is 0 Å². The lowest BCUT2D eigenvalue weighted by molar-refractivity contribution is -0.146. The summed E-state index contributed by atoms with van der Waals surface area (Å²) < 4.78 is 4.82. The molecule has 0 aromatic carbocycles. The van der Waals surface area contributed by atoms with E-state index < -0.39 is 0 Å². The second-order valence-electron chi connectivity index (χ2n) is 5.31. The van der Waals surface area contributed by atoms with Gasteiger partial charge in [-0.3, -0.25) is 9.59 Å². The highest BCUT2D eigenvalue weighted by Crippen LogP contribution is 2.32. The van der Waals surface area contributed by atoms with Crippen molar-refractivity contribution in [2.45, 2.75) is 65.2 Å². The molecule has 1 fully saturated rings. The Morgan fingerprint density at radius 3 is 2.33 bits per heavy atom. The minimum atomic E-state index is -0.365. The average Bonchev–Trinajstić information content (AvgIpc) is 2.37. The molecule has 0 aromatic rings. The van der Waals surface area contributed by atoms with Crippen LogP contribution in [0.2, 0.25) is 0 Å².